The number of benzene rings is 2. The van der Waals surface area contributed by atoms with Gasteiger partial charge < -0.3 is 10.3 Å². The topological polar surface area (TPSA) is 90.8 Å². The molecule has 0 radical (unpaired) electrons. The van der Waals surface area contributed by atoms with Gasteiger partial charge in [0.25, 0.3) is 0 Å². The summed E-state index contributed by atoms with van der Waals surface area (Å²) < 4.78 is 82.6. The Bertz CT molecular complexity index is 1710. The molecule has 0 saturated heterocycles. The normalized spacial score (nSPS) is 12.9. The number of hydrogen-bond donors (Lipinski definition) is 1. The fraction of sp³-hybridized carbons (Fsp3) is 0.143. The van der Waals surface area contributed by atoms with Crippen LogP contribution in [0.4, 0.5) is 26.3 Å². The summed E-state index contributed by atoms with van der Waals surface area (Å²) >= 11 is 6.29. The predicted molar refractivity (Wildman–Crippen MR) is 139 cm³/mol. The Morgan fingerprint density at radius 3 is 2.10 bits per heavy atom. The van der Waals surface area contributed by atoms with Gasteiger partial charge in [-0.05, 0) is 35.9 Å². The molecule has 216 valence electrons. The van der Waals surface area contributed by atoms with Crippen LogP contribution in [0.2, 0.25) is 5.02 Å². The summed E-state index contributed by atoms with van der Waals surface area (Å²) in [5.41, 5.74) is -2.05. The van der Waals surface area contributed by atoms with Crippen molar-refractivity contribution in [1.29, 1.82) is 0 Å². The van der Waals surface area contributed by atoms with E-state index in [0.29, 0.717) is 28.0 Å². The molecule has 1 unspecified atom stereocenters. The van der Waals surface area contributed by atoms with E-state index in [0.717, 1.165) is 17.1 Å². The highest BCUT2D eigenvalue weighted by atomic mass is 35.5. The van der Waals surface area contributed by atoms with E-state index in [2.05, 4.69) is 15.3 Å². The van der Waals surface area contributed by atoms with E-state index in [9.17, 15) is 36.7 Å². The van der Waals surface area contributed by atoms with Crippen LogP contribution < -0.4 is 4.73 Å². The Labute approximate surface area is 238 Å². The van der Waals surface area contributed by atoms with E-state index in [-0.39, 0.29) is 39.3 Å². The number of nitrogens with zero attached hydrogens (tertiary/aromatic N) is 5. The van der Waals surface area contributed by atoms with E-state index in [1.54, 1.807) is 36.4 Å². The molecular formula is C28H18ClF6N5O2. The lowest BCUT2D eigenvalue weighted by atomic mass is 9.97. The molecule has 3 aromatic heterocycles. The monoisotopic (exact) mass is 605 g/mol. The molecule has 5 aromatic rings. The maximum Gasteiger partial charge on any atom is 0.416 e. The van der Waals surface area contributed by atoms with Crippen molar-refractivity contribution in [3.8, 4) is 22.6 Å². The second-order valence-corrected chi connectivity index (χ2v) is 9.58. The first kappa shape index (κ1) is 29.0. The number of hydrogen-bond acceptors (Lipinski definition) is 5. The van der Waals surface area contributed by atoms with Crippen molar-refractivity contribution >= 4 is 11.6 Å². The zero-order chi connectivity index (χ0) is 30.2. The van der Waals surface area contributed by atoms with Crippen LogP contribution in [0.3, 0.4) is 0 Å². The molecule has 3 heterocycles. The zero-order valence-electron chi connectivity index (χ0n) is 21.1. The Kier molecular flexibility index (Phi) is 7.64. The molecule has 7 nitrogen and oxygen atoms in total. The Morgan fingerprint density at radius 1 is 0.857 bits per heavy atom. The van der Waals surface area contributed by atoms with Crippen LogP contribution in [0.25, 0.3) is 22.6 Å². The van der Waals surface area contributed by atoms with Crippen molar-refractivity contribution < 1.29 is 36.2 Å². The highest BCUT2D eigenvalue weighted by Crippen LogP contribution is 2.39. The molecule has 0 aliphatic heterocycles. The Balaban J connectivity index is 1.68. The van der Waals surface area contributed by atoms with Crippen molar-refractivity contribution in [2.24, 2.45) is 0 Å². The minimum atomic E-state index is -5.04. The number of alkyl halides is 6. The van der Waals surface area contributed by atoms with Crippen LogP contribution >= 0.6 is 11.6 Å². The second kappa shape index (κ2) is 11.1. The molecule has 0 spiro atoms. The highest BCUT2D eigenvalue weighted by Gasteiger charge is 2.37. The van der Waals surface area contributed by atoms with E-state index >= 15 is 0 Å². The maximum atomic E-state index is 13.5. The standard InChI is InChI=1S/C28H18ClF6N5O2/c29-22-6-2-1-4-20(22)26(41)21-5-3-9-36-23(21)24-25(17-7-10-39(42)11-8-17)40(38-37-24)15-16-12-18(27(30,31)32)14-19(13-16)28(33,34)35/h1-14,26,41H,15H2. The van der Waals surface area contributed by atoms with Crippen LogP contribution in [0, 0.1) is 5.21 Å². The molecule has 1 atom stereocenters. The number of aromatic nitrogens is 5. The molecule has 2 aromatic carbocycles. The summed E-state index contributed by atoms with van der Waals surface area (Å²) in [7, 11) is 0. The summed E-state index contributed by atoms with van der Waals surface area (Å²) in [5.74, 6) is 0. The molecule has 0 aliphatic carbocycles. The van der Waals surface area contributed by atoms with Gasteiger partial charge in [0.2, 0.25) is 0 Å². The summed E-state index contributed by atoms with van der Waals surface area (Å²) in [6.07, 6.45) is -7.63. The molecule has 0 saturated carbocycles. The molecule has 5 rings (SSSR count). The first-order chi connectivity index (χ1) is 19.8. The molecule has 0 fully saturated rings. The van der Waals surface area contributed by atoms with Crippen molar-refractivity contribution in [2.45, 2.75) is 25.0 Å². The highest BCUT2D eigenvalue weighted by molar-refractivity contribution is 6.31. The van der Waals surface area contributed by atoms with Gasteiger partial charge in [-0.15, -0.1) is 5.10 Å². The van der Waals surface area contributed by atoms with Gasteiger partial charge in [0, 0.05) is 40.0 Å². The second-order valence-electron chi connectivity index (χ2n) is 9.17. The minimum Gasteiger partial charge on any atom is -0.619 e. The average Bonchev–Trinajstić information content (AvgIpc) is 3.35. The van der Waals surface area contributed by atoms with Crippen LogP contribution in [-0.4, -0.2) is 25.1 Å². The number of aliphatic hydroxyl groups is 1. The van der Waals surface area contributed by atoms with Gasteiger partial charge >= 0.3 is 12.4 Å². The van der Waals surface area contributed by atoms with Gasteiger partial charge in [-0.1, -0.05) is 41.1 Å². The third-order valence-electron chi connectivity index (χ3n) is 6.35. The fourth-order valence-corrected chi connectivity index (χ4v) is 4.66. The minimum absolute atomic E-state index is 0.0393. The first-order valence-electron chi connectivity index (χ1n) is 12.1. The van der Waals surface area contributed by atoms with Crippen LogP contribution in [0.5, 0.6) is 0 Å². The Hall–Kier alpha value is -4.49. The third kappa shape index (κ3) is 5.92. The maximum absolute atomic E-state index is 13.5. The average molecular weight is 606 g/mol. The largest absolute Gasteiger partial charge is 0.619 e. The molecule has 14 heteroatoms. The predicted octanol–water partition coefficient (Wildman–Crippen LogP) is 6.46. The van der Waals surface area contributed by atoms with Crippen molar-refractivity contribution in [3.63, 3.8) is 0 Å². The molecule has 1 N–H and O–H groups in total. The van der Waals surface area contributed by atoms with Crippen LogP contribution in [0.1, 0.15) is 33.9 Å². The van der Waals surface area contributed by atoms with Gasteiger partial charge in [0.05, 0.1) is 29.1 Å². The molecular weight excluding hydrogens is 588 g/mol. The number of rotatable bonds is 6. The van der Waals surface area contributed by atoms with Crippen molar-refractivity contribution in [1.82, 2.24) is 20.0 Å². The van der Waals surface area contributed by atoms with Gasteiger partial charge in [0.15, 0.2) is 12.4 Å². The number of aliphatic hydroxyl groups excluding tert-OH is 1. The fourth-order valence-electron chi connectivity index (χ4n) is 4.42. The summed E-state index contributed by atoms with van der Waals surface area (Å²) in [5, 5.41) is 31.4. The van der Waals surface area contributed by atoms with Gasteiger partial charge in [0.1, 0.15) is 11.8 Å². The number of pyridine rings is 2. The smallest absolute Gasteiger partial charge is 0.416 e. The van der Waals surface area contributed by atoms with E-state index in [1.807, 2.05) is 0 Å². The lowest BCUT2D eigenvalue weighted by Crippen LogP contribution is -2.23. The Morgan fingerprint density at radius 2 is 1.48 bits per heavy atom. The van der Waals surface area contributed by atoms with E-state index < -0.39 is 36.1 Å². The van der Waals surface area contributed by atoms with Crippen molar-refractivity contribution in [3.05, 3.63) is 123 Å². The van der Waals surface area contributed by atoms with Gasteiger partial charge in [-0.25, -0.2) is 4.68 Å². The van der Waals surface area contributed by atoms with Gasteiger partial charge in [-0.2, -0.15) is 31.1 Å². The lowest BCUT2D eigenvalue weighted by Gasteiger charge is -2.17. The quantitative estimate of drug-likeness (QED) is 0.136. The van der Waals surface area contributed by atoms with E-state index in [1.165, 1.54) is 18.3 Å². The van der Waals surface area contributed by atoms with Crippen LogP contribution in [-0.2, 0) is 18.9 Å². The lowest BCUT2D eigenvalue weighted by molar-refractivity contribution is -0.605. The molecule has 42 heavy (non-hydrogen) atoms. The molecule has 0 aliphatic rings. The first-order valence-corrected chi connectivity index (χ1v) is 12.5. The van der Waals surface area contributed by atoms with Gasteiger partial charge in [-0.3, -0.25) is 4.98 Å². The molecule has 0 amide bonds. The zero-order valence-corrected chi connectivity index (χ0v) is 21.9. The number of halogens is 7. The van der Waals surface area contributed by atoms with Crippen LogP contribution in [0.15, 0.2) is 85.3 Å². The summed E-state index contributed by atoms with van der Waals surface area (Å²) in [4.78, 5) is 4.36. The van der Waals surface area contributed by atoms with E-state index in [4.69, 9.17) is 11.6 Å². The summed E-state index contributed by atoms with van der Waals surface area (Å²) in [6.45, 7) is -0.545. The summed E-state index contributed by atoms with van der Waals surface area (Å²) in [6, 6.07) is 13.7. The SMILES string of the molecule is [O-][n+]1ccc(-c2c(-c3ncccc3C(O)c3ccccc3Cl)nnn2Cc2cc(C(F)(F)F)cc(C(F)(F)F)c2)cc1. The van der Waals surface area contributed by atoms with Crippen molar-refractivity contribution in [2.75, 3.05) is 0 Å². The molecule has 0 bridgehead atoms. The third-order valence-corrected chi connectivity index (χ3v) is 6.69.